The molecule has 0 fully saturated rings. The van der Waals surface area contributed by atoms with E-state index in [9.17, 15) is 4.79 Å². The second-order valence-corrected chi connectivity index (χ2v) is 8.41. The van der Waals surface area contributed by atoms with Crippen molar-refractivity contribution in [3.63, 3.8) is 0 Å². The number of thiazole rings is 1. The van der Waals surface area contributed by atoms with Gasteiger partial charge in [0, 0.05) is 54.3 Å². The van der Waals surface area contributed by atoms with E-state index in [1.54, 1.807) is 11.3 Å². The Labute approximate surface area is 183 Å². The van der Waals surface area contributed by atoms with E-state index in [-0.39, 0.29) is 12.3 Å². The van der Waals surface area contributed by atoms with Gasteiger partial charge in [-0.15, -0.1) is 11.3 Å². The van der Waals surface area contributed by atoms with Crippen LogP contribution in [0.25, 0.3) is 11.4 Å². The van der Waals surface area contributed by atoms with Gasteiger partial charge in [-0.3, -0.25) is 4.79 Å². The van der Waals surface area contributed by atoms with Crippen molar-refractivity contribution >= 4 is 28.1 Å². The first kappa shape index (κ1) is 19.4. The Morgan fingerprint density at radius 3 is 2.87 bits per heavy atom. The van der Waals surface area contributed by atoms with Crippen LogP contribution < -0.4 is 10.2 Å². The Bertz CT molecular complexity index is 1200. The molecule has 0 unspecified atom stereocenters. The van der Waals surface area contributed by atoms with Gasteiger partial charge in [0.05, 0.1) is 0 Å². The van der Waals surface area contributed by atoms with Crippen molar-refractivity contribution < 1.29 is 9.32 Å². The largest absolute Gasteiger partial charge is 0.339 e. The summed E-state index contributed by atoms with van der Waals surface area (Å²) in [5.41, 5.74) is 5.28. The molecule has 0 radical (unpaired) electrons. The Morgan fingerprint density at radius 2 is 2.06 bits per heavy atom. The fourth-order valence-electron chi connectivity index (χ4n) is 3.66. The van der Waals surface area contributed by atoms with E-state index in [4.69, 9.17) is 4.52 Å². The van der Waals surface area contributed by atoms with Crippen molar-refractivity contribution in [2.45, 2.75) is 32.9 Å². The van der Waals surface area contributed by atoms with Crippen LogP contribution in [0.1, 0.15) is 29.0 Å². The molecular weight excluding hydrogens is 410 g/mol. The third-order valence-corrected chi connectivity index (χ3v) is 6.12. The summed E-state index contributed by atoms with van der Waals surface area (Å²) in [6.45, 7) is 3.57. The molecule has 0 saturated heterocycles. The van der Waals surface area contributed by atoms with E-state index in [2.05, 4.69) is 31.4 Å². The van der Waals surface area contributed by atoms with Crippen molar-refractivity contribution in [1.82, 2.24) is 15.1 Å². The summed E-state index contributed by atoms with van der Waals surface area (Å²) in [6, 6.07) is 14.0. The zero-order chi connectivity index (χ0) is 21.2. The molecule has 0 bridgehead atoms. The van der Waals surface area contributed by atoms with Gasteiger partial charge in [0.25, 0.3) is 0 Å². The van der Waals surface area contributed by atoms with E-state index in [0.717, 1.165) is 35.0 Å². The average molecular weight is 432 g/mol. The van der Waals surface area contributed by atoms with E-state index in [1.165, 1.54) is 11.1 Å². The number of rotatable bonds is 6. The topological polar surface area (TPSA) is 84.2 Å². The van der Waals surface area contributed by atoms with Crippen LogP contribution in [0.5, 0.6) is 0 Å². The molecule has 8 heteroatoms. The zero-order valence-corrected chi connectivity index (χ0v) is 17.9. The number of anilines is 2. The molecule has 2 aromatic heterocycles. The predicted molar refractivity (Wildman–Crippen MR) is 120 cm³/mol. The van der Waals surface area contributed by atoms with Crippen LogP contribution in [0.15, 0.2) is 58.6 Å². The van der Waals surface area contributed by atoms with Crippen molar-refractivity contribution in [3.8, 4) is 11.4 Å². The Balaban J connectivity index is 1.21. The van der Waals surface area contributed by atoms with Gasteiger partial charge in [-0.05, 0) is 18.6 Å². The minimum absolute atomic E-state index is 0.0730. The van der Waals surface area contributed by atoms with Crippen molar-refractivity contribution in [3.05, 3.63) is 76.6 Å². The van der Waals surface area contributed by atoms with Crippen LogP contribution in [0.2, 0.25) is 0 Å². The molecule has 0 saturated carbocycles. The van der Waals surface area contributed by atoms with E-state index < -0.39 is 0 Å². The predicted octanol–water partition coefficient (Wildman–Crippen LogP) is 4.59. The summed E-state index contributed by atoms with van der Waals surface area (Å²) in [7, 11) is 0. The fourth-order valence-corrected chi connectivity index (χ4v) is 4.30. The van der Waals surface area contributed by atoms with Gasteiger partial charge in [-0.1, -0.05) is 47.1 Å². The molecular formula is C23H21N5O2S. The van der Waals surface area contributed by atoms with E-state index in [0.29, 0.717) is 18.1 Å². The normalized spacial score (nSPS) is 12.7. The molecule has 4 aromatic rings. The third-order valence-electron chi connectivity index (χ3n) is 5.29. The molecule has 5 rings (SSSR count). The lowest BCUT2D eigenvalue weighted by molar-refractivity contribution is -0.116. The number of nitrogens with one attached hydrogen (secondary N) is 1. The summed E-state index contributed by atoms with van der Waals surface area (Å²) in [5.74, 6) is 0.925. The van der Waals surface area contributed by atoms with Crippen molar-refractivity contribution in [1.29, 1.82) is 0 Å². The van der Waals surface area contributed by atoms with Crippen molar-refractivity contribution in [2.24, 2.45) is 0 Å². The van der Waals surface area contributed by atoms with Crippen LogP contribution in [0.3, 0.4) is 0 Å². The number of carbonyl (C=O) groups excluding carboxylic acids is 1. The highest BCUT2D eigenvalue weighted by Crippen LogP contribution is 2.33. The summed E-state index contributed by atoms with van der Waals surface area (Å²) >= 11 is 1.62. The van der Waals surface area contributed by atoms with E-state index in [1.807, 2.05) is 54.9 Å². The number of fused-ring (bicyclic) bond motifs is 1. The smallest absolute Gasteiger partial charge is 0.227 e. The van der Waals surface area contributed by atoms with Gasteiger partial charge < -0.3 is 14.7 Å². The molecule has 1 aliphatic rings. The number of aromatic nitrogens is 3. The summed E-state index contributed by atoms with van der Waals surface area (Å²) in [6.07, 6.45) is 2.48. The molecule has 0 atom stereocenters. The minimum Gasteiger partial charge on any atom is -0.339 e. The monoisotopic (exact) mass is 431 g/mol. The molecule has 31 heavy (non-hydrogen) atoms. The number of benzene rings is 2. The van der Waals surface area contributed by atoms with Gasteiger partial charge in [0.15, 0.2) is 5.13 Å². The molecule has 3 heterocycles. The van der Waals surface area contributed by atoms with Gasteiger partial charge in [-0.2, -0.15) is 4.98 Å². The number of nitrogens with zero attached hydrogens (tertiary/aromatic N) is 4. The van der Waals surface area contributed by atoms with E-state index >= 15 is 0 Å². The first-order valence-corrected chi connectivity index (χ1v) is 11.0. The number of aryl methyl sites for hydroxylation is 2. The Hall–Kier alpha value is -3.52. The maximum Gasteiger partial charge on any atom is 0.227 e. The van der Waals surface area contributed by atoms with Gasteiger partial charge >= 0.3 is 0 Å². The molecule has 0 aliphatic carbocycles. The second kappa shape index (κ2) is 8.31. The van der Waals surface area contributed by atoms with Gasteiger partial charge in [0.1, 0.15) is 0 Å². The Morgan fingerprint density at radius 1 is 1.19 bits per heavy atom. The molecule has 1 amide bonds. The number of hydrogen-bond donors (Lipinski definition) is 1. The first-order valence-electron chi connectivity index (χ1n) is 10.1. The molecule has 1 aliphatic heterocycles. The van der Waals surface area contributed by atoms with Crippen LogP contribution in [-0.2, 0) is 24.3 Å². The van der Waals surface area contributed by atoms with Crippen LogP contribution in [0.4, 0.5) is 10.8 Å². The Kier molecular flexibility index (Phi) is 5.21. The van der Waals surface area contributed by atoms with Crippen LogP contribution in [-0.4, -0.2) is 21.0 Å². The lowest BCUT2D eigenvalue weighted by atomic mass is 10.1. The molecule has 7 nitrogen and oxygen atoms in total. The third kappa shape index (κ3) is 4.20. The highest BCUT2D eigenvalue weighted by molar-refractivity contribution is 7.13. The van der Waals surface area contributed by atoms with Crippen molar-refractivity contribution in [2.75, 3.05) is 10.2 Å². The maximum absolute atomic E-state index is 12.6. The molecule has 156 valence electrons. The van der Waals surface area contributed by atoms with Gasteiger partial charge in [0.2, 0.25) is 17.6 Å². The van der Waals surface area contributed by atoms with Crippen LogP contribution >= 0.6 is 11.3 Å². The lowest BCUT2D eigenvalue weighted by Crippen LogP contribution is -2.16. The molecule has 2 aromatic carbocycles. The highest BCUT2D eigenvalue weighted by atomic mass is 32.1. The number of hydrogen-bond acceptors (Lipinski definition) is 7. The zero-order valence-electron chi connectivity index (χ0n) is 17.0. The average Bonchev–Trinajstić information content (AvgIpc) is 3.53. The summed E-state index contributed by atoms with van der Waals surface area (Å²) in [5, 5.41) is 10.0. The number of amides is 1. The number of carbonyl (C=O) groups is 1. The fraction of sp³-hybridized carbons (Fsp3) is 0.217. The molecule has 1 N–H and O–H groups in total. The minimum atomic E-state index is -0.0730. The SMILES string of the molecule is Cc1ccc(-c2noc(CCC(=O)Nc3cccc4c3CN(c3nccs3)C4)n2)cc1. The standard InChI is InChI=1S/C23H21N5O2S/c1-15-5-7-16(8-6-15)22-26-21(30-27-22)10-9-20(29)25-19-4-2-3-17-13-28(14-18(17)19)23-24-11-12-31-23/h2-8,11-12H,9-10,13-14H2,1H3,(H,25,29). The quantitative estimate of drug-likeness (QED) is 0.481. The molecule has 0 spiro atoms. The highest BCUT2D eigenvalue weighted by Gasteiger charge is 2.24. The maximum atomic E-state index is 12.6. The van der Waals surface area contributed by atoms with Gasteiger partial charge in [-0.25, -0.2) is 4.98 Å². The first-order chi connectivity index (χ1) is 15.2. The van der Waals surface area contributed by atoms with Crippen LogP contribution in [0, 0.1) is 6.92 Å². The second-order valence-electron chi connectivity index (χ2n) is 7.54. The summed E-state index contributed by atoms with van der Waals surface area (Å²) < 4.78 is 5.33. The summed E-state index contributed by atoms with van der Waals surface area (Å²) in [4.78, 5) is 23.6. The lowest BCUT2D eigenvalue weighted by Gasteiger charge is -2.13.